The molecule has 27 heavy (non-hydrogen) atoms. The van der Waals surface area contributed by atoms with Crippen molar-refractivity contribution in [2.45, 2.75) is 33.1 Å². The Hall–Kier alpha value is -2.63. The van der Waals surface area contributed by atoms with E-state index in [-0.39, 0.29) is 5.91 Å². The lowest BCUT2D eigenvalue weighted by Gasteiger charge is -2.16. The first-order valence-corrected chi connectivity index (χ1v) is 9.48. The summed E-state index contributed by atoms with van der Waals surface area (Å²) >= 11 is 0. The standard InChI is InChI=1S/C21H27N3O3/c1-14(2)9-18-12-19(23(3)22-18)20(25)24-8-7-16(13-24)10-15-5-4-6-17(11-15)21(26)27/h4-6,11-12,14,16H,7-10,13H2,1-3H3,(H,26,27)/t16-/m1/s1. The Labute approximate surface area is 159 Å². The number of nitrogens with zero attached hydrogens (tertiary/aromatic N) is 3. The van der Waals surface area contributed by atoms with Crippen molar-refractivity contribution in [2.24, 2.45) is 18.9 Å². The van der Waals surface area contributed by atoms with Gasteiger partial charge in [-0.1, -0.05) is 26.0 Å². The fraction of sp³-hybridized carbons (Fsp3) is 0.476. The second-order valence-electron chi connectivity index (χ2n) is 7.86. The predicted molar refractivity (Wildman–Crippen MR) is 103 cm³/mol. The van der Waals surface area contributed by atoms with E-state index in [0.717, 1.165) is 37.1 Å². The van der Waals surface area contributed by atoms with Gasteiger partial charge >= 0.3 is 5.97 Å². The van der Waals surface area contributed by atoms with Gasteiger partial charge in [0.05, 0.1) is 11.3 Å². The van der Waals surface area contributed by atoms with Crippen molar-refractivity contribution in [1.82, 2.24) is 14.7 Å². The maximum Gasteiger partial charge on any atom is 0.335 e. The molecule has 1 aromatic heterocycles. The number of hydrogen-bond donors (Lipinski definition) is 1. The summed E-state index contributed by atoms with van der Waals surface area (Å²) in [6.07, 6.45) is 2.58. The van der Waals surface area contributed by atoms with Gasteiger partial charge in [-0.2, -0.15) is 5.10 Å². The van der Waals surface area contributed by atoms with Gasteiger partial charge in [-0.3, -0.25) is 9.48 Å². The van der Waals surface area contributed by atoms with Crippen LogP contribution in [-0.2, 0) is 19.9 Å². The first kappa shape index (κ1) is 19.1. The molecule has 0 spiro atoms. The van der Waals surface area contributed by atoms with Crippen molar-refractivity contribution >= 4 is 11.9 Å². The number of benzene rings is 1. The Kier molecular flexibility index (Phi) is 5.63. The number of carboxylic acid groups (broad SMARTS) is 1. The number of rotatable bonds is 6. The summed E-state index contributed by atoms with van der Waals surface area (Å²) in [7, 11) is 1.82. The van der Waals surface area contributed by atoms with Gasteiger partial charge in [0.25, 0.3) is 5.91 Å². The van der Waals surface area contributed by atoms with Crippen molar-refractivity contribution in [3.05, 3.63) is 52.8 Å². The lowest BCUT2D eigenvalue weighted by molar-refractivity contribution is 0.0696. The molecule has 1 aliphatic rings. The van der Waals surface area contributed by atoms with E-state index < -0.39 is 5.97 Å². The van der Waals surface area contributed by atoms with Crippen molar-refractivity contribution in [1.29, 1.82) is 0 Å². The number of aryl methyl sites for hydroxylation is 1. The lowest BCUT2D eigenvalue weighted by atomic mass is 9.97. The quantitative estimate of drug-likeness (QED) is 0.849. The largest absolute Gasteiger partial charge is 0.478 e. The molecule has 144 valence electrons. The van der Waals surface area contributed by atoms with Crippen LogP contribution in [0.25, 0.3) is 0 Å². The van der Waals surface area contributed by atoms with Crippen LogP contribution in [-0.4, -0.2) is 44.8 Å². The number of amides is 1. The van der Waals surface area contributed by atoms with E-state index in [1.807, 2.05) is 24.1 Å². The molecule has 0 aliphatic carbocycles. The van der Waals surface area contributed by atoms with Gasteiger partial charge in [-0.05, 0) is 54.9 Å². The van der Waals surface area contributed by atoms with Gasteiger partial charge in [-0.15, -0.1) is 0 Å². The number of carboxylic acids is 1. The molecule has 6 heteroatoms. The third-order valence-corrected chi connectivity index (χ3v) is 5.04. The molecule has 1 atom stereocenters. The first-order valence-electron chi connectivity index (χ1n) is 9.48. The molecule has 0 unspecified atom stereocenters. The summed E-state index contributed by atoms with van der Waals surface area (Å²) in [5, 5.41) is 13.6. The van der Waals surface area contributed by atoms with Crippen molar-refractivity contribution in [2.75, 3.05) is 13.1 Å². The normalized spacial score (nSPS) is 16.9. The van der Waals surface area contributed by atoms with E-state index in [2.05, 4.69) is 18.9 Å². The molecule has 1 aromatic carbocycles. The van der Waals surface area contributed by atoms with E-state index in [4.69, 9.17) is 5.11 Å². The van der Waals surface area contributed by atoms with E-state index in [1.54, 1.807) is 22.9 Å². The fourth-order valence-electron chi connectivity index (χ4n) is 3.76. The van der Waals surface area contributed by atoms with Crippen molar-refractivity contribution in [3.8, 4) is 0 Å². The maximum absolute atomic E-state index is 12.9. The highest BCUT2D eigenvalue weighted by molar-refractivity contribution is 5.93. The second-order valence-corrected chi connectivity index (χ2v) is 7.86. The third kappa shape index (κ3) is 4.56. The number of aromatic carboxylic acids is 1. The van der Waals surface area contributed by atoms with E-state index in [0.29, 0.717) is 29.6 Å². The second kappa shape index (κ2) is 7.94. The lowest BCUT2D eigenvalue weighted by Crippen LogP contribution is -2.30. The zero-order valence-corrected chi connectivity index (χ0v) is 16.2. The van der Waals surface area contributed by atoms with Crippen molar-refractivity contribution in [3.63, 3.8) is 0 Å². The summed E-state index contributed by atoms with van der Waals surface area (Å²) in [4.78, 5) is 25.9. The highest BCUT2D eigenvalue weighted by Crippen LogP contribution is 2.23. The van der Waals surface area contributed by atoms with Crippen LogP contribution < -0.4 is 0 Å². The Morgan fingerprint density at radius 2 is 2.07 bits per heavy atom. The van der Waals surface area contributed by atoms with Gasteiger partial charge in [0.15, 0.2) is 0 Å². The predicted octanol–water partition coefficient (Wildman–Crippen LogP) is 3.02. The zero-order valence-electron chi connectivity index (χ0n) is 16.2. The molecule has 2 heterocycles. The number of likely N-dealkylation sites (tertiary alicyclic amines) is 1. The van der Waals surface area contributed by atoms with Gasteiger partial charge in [0, 0.05) is 20.1 Å². The SMILES string of the molecule is CC(C)Cc1cc(C(=O)N2CC[C@H](Cc3cccc(C(=O)O)c3)C2)n(C)n1. The van der Waals surface area contributed by atoms with Crippen LogP contribution in [0.5, 0.6) is 0 Å². The van der Waals surface area contributed by atoms with Gasteiger partial charge in [0.2, 0.25) is 0 Å². The summed E-state index contributed by atoms with van der Waals surface area (Å²) in [6.45, 7) is 5.70. The molecule has 0 saturated carbocycles. The average molecular weight is 369 g/mol. The molecule has 2 aromatic rings. The smallest absolute Gasteiger partial charge is 0.335 e. The number of carbonyl (C=O) groups excluding carboxylic acids is 1. The Morgan fingerprint density at radius 3 is 2.78 bits per heavy atom. The molecular weight excluding hydrogens is 342 g/mol. The minimum Gasteiger partial charge on any atom is -0.478 e. The first-order chi connectivity index (χ1) is 12.8. The monoisotopic (exact) mass is 369 g/mol. The van der Waals surface area contributed by atoms with Gasteiger partial charge in [-0.25, -0.2) is 4.79 Å². The van der Waals surface area contributed by atoms with Gasteiger partial charge in [0.1, 0.15) is 5.69 Å². The minimum atomic E-state index is -0.909. The zero-order chi connectivity index (χ0) is 19.6. The molecule has 1 fully saturated rings. The fourth-order valence-corrected chi connectivity index (χ4v) is 3.76. The molecule has 1 aliphatic heterocycles. The van der Waals surface area contributed by atoms with Crippen LogP contribution in [0, 0.1) is 11.8 Å². The summed E-state index contributed by atoms with van der Waals surface area (Å²) in [5.41, 5.74) is 2.91. The molecule has 3 rings (SSSR count). The summed E-state index contributed by atoms with van der Waals surface area (Å²) in [5.74, 6) is -0.0304. The van der Waals surface area contributed by atoms with Crippen LogP contribution in [0.4, 0.5) is 0 Å². The highest BCUT2D eigenvalue weighted by atomic mass is 16.4. The summed E-state index contributed by atoms with van der Waals surface area (Å²) < 4.78 is 1.68. The Morgan fingerprint density at radius 1 is 1.30 bits per heavy atom. The van der Waals surface area contributed by atoms with Crippen molar-refractivity contribution < 1.29 is 14.7 Å². The number of carbonyl (C=O) groups is 2. The van der Waals surface area contributed by atoms with E-state index >= 15 is 0 Å². The van der Waals surface area contributed by atoms with Crippen LogP contribution in [0.1, 0.15) is 52.4 Å². The van der Waals surface area contributed by atoms with Crippen LogP contribution in [0.15, 0.2) is 30.3 Å². The molecule has 0 bridgehead atoms. The third-order valence-electron chi connectivity index (χ3n) is 5.04. The average Bonchev–Trinajstić information content (AvgIpc) is 3.20. The molecule has 1 saturated heterocycles. The van der Waals surface area contributed by atoms with Gasteiger partial charge < -0.3 is 10.0 Å². The maximum atomic E-state index is 12.9. The highest BCUT2D eigenvalue weighted by Gasteiger charge is 2.29. The molecule has 0 radical (unpaired) electrons. The molecular formula is C21H27N3O3. The minimum absolute atomic E-state index is 0.0294. The number of hydrogen-bond acceptors (Lipinski definition) is 3. The number of aromatic nitrogens is 2. The molecule has 1 amide bonds. The van der Waals surface area contributed by atoms with E-state index in [9.17, 15) is 9.59 Å². The Balaban J connectivity index is 1.64. The topological polar surface area (TPSA) is 75.4 Å². The Bertz CT molecular complexity index is 841. The van der Waals surface area contributed by atoms with Crippen LogP contribution >= 0.6 is 0 Å². The van der Waals surface area contributed by atoms with Crippen LogP contribution in [0.3, 0.4) is 0 Å². The van der Waals surface area contributed by atoms with E-state index in [1.165, 1.54) is 0 Å². The van der Waals surface area contributed by atoms with Crippen LogP contribution in [0.2, 0.25) is 0 Å². The molecule has 1 N–H and O–H groups in total. The molecule has 6 nitrogen and oxygen atoms in total. The summed E-state index contributed by atoms with van der Waals surface area (Å²) in [6, 6.07) is 8.98.